The molecule has 1 saturated heterocycles. The summed E-state index contributed by atoms with van der Waals surface area (Å²) in [6.07, 6.45) is 0.139. The molecule has 0 spiro atoms. The van der Waals surface area contributed by atoms with Crippen molar-refractivity contribution in [2.75, 3.05) is 33.4 Å². The predicted octanol–water partition coefficient (Wildman–Crippen LogP) is 2.00. The lowest BCUT2D eigenvalue weighted by molar-refractivity contribution is -0.0631. The number of rotatable bonds is 4. The van der Waals surface area contributed by atoms with Crippen molar-refractivity contribution in [3.05, 3.63) is 28.2 Å². The normalized spacial score (nSPS) is 21.1. The average molecular weight is 316 g/mol. The van der Waals surface area contributed by atoms with Gasteiger partial charge in [0.05, 0.1) is 19.3 Å². The van der Waals surface area contributed by atoms with E-state index in [-0.39, 0.29) is 6.10 Å². The zero-order valence-electron chi connectivity index (χ0n) is 10.4. The summed E-state index contributed by atoms with van der Waals surface area (Å²) >= 11 is 3.51. The first kappa shape index (κ1) is 13.8. The van der Waals surface area contributed by atoms with Crippen LogP contribution in [0.25, 0.3) is 0 Å². The number of aromatic hydroxyl groups is 1. The molecule has 1 aromatic carbocycles. The van der Waals surface area contributed by atoms with Gasteiger partial charge in [0.2, 0.25) is 0 Å². The molecule has 1 aliphatic heterocycles. The van der Waals surface area contributed by atoms with Crippen molar-refractivity contribution in [1.82, 2.24) is 4.90 Å². The van der Waals surface area contributed by atoms with Crippen LogP contribution in [0.3, 0.4) is 0 Å². The molecule has 0 bridgehead atoms. The zero-order chi connectivity index (χ0) is 13.0. The van der Waals surface area contributed by atoms with Gasteiger partial charge in [-0.2, -0.15) is 0 Å². The van der Waals surface area contributed by atoms with E-state index < -0.39 is 0 Å². The third-order valence-electron chi connectivity index (χ3n) is 3.00. The van der Waals surface area contributed by atoms with Crippen LogP contribution >= 0.6 is 15.9 Å². The molecule has 0 aromatic heterocycles. The van der Waals surface area contributed by atoms with Gasteiger partial charge < -0.3 is 14.6 Å². The highest BCUT2D eigenvalue weighted by Gasteiger charge is 2.20. The van der Waals surface area contributed by atoms with Crippen molar-refractivity contribution in [2.45, 2.75) is 12.6 Å². The third kappa shape index (κ3) is 3.68. The highest BCUT2D eigenvalue weighted by molar-refractivity contribution is 9.10. The predicted molar refractivity (Wildman–Crippen MR) is 72.7 cm³/mol. The summed E-state index contributed by atoms with van der Waals surface area (Å²) < 4.78 is 11.8. The zero-order valence-corrected chi connectivity index (χ0v) is 12.0. The SMILES string of the molecule is COC[C@H]1CN(Cc2cc(O)ccc2Br)CCO1. The minimum Gasteiger partial charge on any atom is -0.508 e. The minimum atomic E-state index is 0.139. The lowest BCUT2D eigenvalue weighted by Gasteiger charge is -2.32. The van der Waals surface area contributed by atoms with E-state index in [0.717, 1.165) is 36.3 Å². The van der Waals surface area contributed by atoms with E-state index in [1.165, 1.54) is 0 Å². The van der Waals surface area contributed by atoms with Crippen LogP contribution < -0.4 is 0 Å². The monoisotopic (exact) mass is 315 g/mol. The minimum absolute atomic E-state index is 0.139. The van der Waals surface area contributed by atoms with E-state index in [2.05, 4.69) is 20.8 Å². The van der Waals surface area contributed by atoms with Crippen LogP contribution in [-0.2, 0) is 16.0 Å². The Bertz CT molecular complexity index is 398. The number of nitrogens with zero attached hydrogens (tertiary/aromatic N) is 1. The fourth-order valence-corrected chi connectivity index (χ4v) is 2.51. The Morgan fingerprint density at radius 1 is 1.56 bits per heavy atom. The van der Waals surface area contributed by atoms with Gasteiger partial charge in [-0.15, -0.1) is 0 Å². The van der Waals surface area contributed by atoms with Gasteiger partial charge in [0.15, 0.2) is 0 Å². The van der Waals surface area contributed by atoms with Crippen molar-refractivity contribution < 1.29 is 14.6 Å². The topological polar surface area (TPSA) is 41.9 Å². The summed E-state index contributed by atoms with van der Waals surface area (Å²) in [5.41, 5.74) is 1.09. The Balaban J connectivity index is 1.98. The number of hydrogen-bond acceptors (Lipinski definition) is 4. The van der Waals surface area contributed by atoms with Gasteiger partial charge in [0, 0.05) is 31.2 Å². The quantitative estimate of drug-likeness (QED) is 0.923. The molecule has 4 nitrogen and oxygen atoms in total. The number of halogens is 1. The third-order valence-corrected chi connectivity index (χ3v) is 3.77. The van der Waals surface area contributed by atoms with E-state index >= 15 is 0 Å². The molecular weight excluding hydrogens is 298 g/mol. The number of benzene rings is 1. The van der Waals surface area contributed by atoms with Crippen LogP contribution in [0.1, 0.15) is 5.56 Å². The first-order valence-electron chi connectivity index (χ1n) is 5.99. The second-order valence-corrected chi connectivity index (χ2v) is 5.31. The summed E-state index contributed by atoms with van der Waals surface area (Å²) in [5.74, 6) is 0.301. The van der Waals surface area contributed by atoms with Gasteiger partial charge in [0.1, 0.15) is 5.75 Å². The van der Waals surface area contributed by atoms with Crippen LogP contribution in [-0.4, -0.2) is 49.5 Å². The molecule has 2 rings (SSSR count). The van der Waals surface area contributed by atoms with Crippen LogP contribution in [0.5, 0.6) is 5.75 Å². The number of ether oxygens (including phenoxy) is 2. The van der Waals surface area contributed by atoms with E-state index in [1.807, 2.05) is 6.07 Å². The van der Waals surface area contributed by atoms with Crippen molar-refractivity contribution in [3.8, 4) is 5.75 Å². The maximum absolute atomic E-state index is 9.52. The Morgan fingerprint density at radius 3 is 3.17 bits per heavy atom. The molecule has 1 aliphatic rings. The second-order valence-electron chi connectivity index (χ2n) is 4.46. The summed E-state index contributed by atoms with van der Waals surface area (Å²) in [7, 11) is 1.69. The van der Waals surface area contributed by atoms with Gasteiger partial charge in [-0.05, 0) is 23.8 Å². The van der Waals surface area contributed by atoms with Gasteiger partial charge in [-0.1, -0.05) is 15.9 Å². The fraction of sp³-hybridized carbons (Fsp3) is 0.538. The first-order chi connectivity index (χ1) is 8.69. The molecule has 1 N–H and O–H groups in total. The smallest absolute Gasteiger partial charge is 0.115 e. The van der Waals surface area contributed by atoms with E-state index in [0.29, 0.717) is 12.4 Å². The molecule has 0 radical (unpaired) electrons. The van der Waals surface area contributed by atoms with E-state index in [9.17, 15) is 5.11 Å². The second kappa shape index (κ2) is 6.52. The largest absolute Gasteiger partial charge is 0.508 e. The maximum atomic E-state index is 9.52. The van der Waals surface area contributed by atoms with Crippen LogP contribution in [0.15, 0.2) is 22.7 Å². The molecule has 100 valence electrons. The molecule has 18 heavy (non-hydrogen) atoms. The number of phenolic OH excluding ortho intramolecular Hbond substituents is 1. The lowest BCUT2D eigenvalue weighted by atomic mass is 10.2. The number of morpholine rings is 1. The van der Waals surface area contributed by atoms with E-state index in [4.69, 9.17) is 9.47 Å². The Morgan fingerprint density at radius 2 is 2.39 bits per heavy atom. The average Bonchev–Trinajstić information content (AvgIpc) is 2.35. The Labute approximate surface area is 116 Å². The van der Waals surface area contributed by atoms with E-state index in [1.54, 1.807) is 19.2 Å². The van der Waals surface area contributed by atoms with Gasteiger partial charge in [-0.25, -0.2) is 0 Å². The van der Waals surface area contributed by atoms with Crippen molar-refractivity contribution in [2.24, 2.45) is 0 Å². The van der Waals surface area contributed by atoms with Gasteiger partial charge >= 0.3 is 0 Å². The molecule has 1 aromatic rings. The van der Waals surface area contributed by atoms with Gasteiger partial charge in [0.25, 0.3) is 0 Å². The molecule has 5 heteroatoms. The van der Waals surface area contributed by atoms with Crippen LogP contribution in [0.2, 0.25) is 0 Å². The number of phenols is 1. The summed E-state index contributed by atoms with van der Waals surface area (Å²) in [6, 6.07) is 5.35. The van der Waals surface area contributed by atoms with Crippen molar-refractivity contribution >= 4 is 15.9 Å². The summed E-state index contributed by atoms with van der Waals surface area (Å²) in [4.78, 5) is 2.31. The standard InChI is InChI=1S/C13H18BrNO3/c1-17-9-12-8-15(4-5-18-12)7-10-6-11(16)2-3-13(10)14/h2-3,6,12,16H,4-5,7-9H2,1H3/t12-/m1/s1. The number of hydrogen-bond donors (Lipinski definition) is 1. The first-order valence-corrected chi connectivity index (χ1v) is 6.78. The van der Waals surface area contributed by atoms with Crippen molar-refractivity contribution in [1.29, 1.82) is 0 Å². The molecule has 0 saturated carbocycles. The van der Waals surface area contributed by atoms with Crippen LogP contribution in [0, 0.1) is 0 Å². The molecule has 1 atom stereocenters. The molecular formula is C13H18BrNO3. The molecule has 0 unspecified atom stereocenters. The highest BCUT2D eigenvalue weighted by Crippen LogP contribution is 2.23. The Hall–Kier alpha value is -0.620. The number of methoxy groups -OCH3 is 1. The lowest BCUT2D eigenvalue weighted by Crippen LogP contribution is -2.43. The Kier molecular flexibility index (Phi) is 5.00. The molecule has 0 aliphatic carbocycles. The van der Waals surface area contributed by atoms with Crippen LogP contribution in [0.4, 0.5) is 0 Å². The molecule has 0 amide bonds. The van der Waals surface area contributed by atoms with Crippen molar-refractivity contribution in [3.63, 3.8) is 0 Å². The molecule has 1 fully saturated rings. The van der Waals surface area contributed by atoms with Gasteiger partial charge in [-0.3, -0.25) is 4.90 Å². The maximum Gasteiger partial charge on any atom is 0.115 e. The molecule has 1 heterocycles. The summed E-state index contributed by atoms with van der Waals surface area (Å²) in [5, 5.41) is 9.52. The summed E-state index contributed by atoms with van der Waals surface area (Å²) in [6.45, 7) is 3.92. The fourth-order valence-electron chi connectivity index (χ4n) is 2.13. The highest BCUT2D eigenvalue weighted by atomic mass is 79.9.